The number of aromatic nitrogens is 1. The van der Waals surface area contributed by atoms with Gasteiger partial charge in [0, 0.05) is 37.1 Å². The highest BCUT2D eigenvalue weighted by Crippen LogP contribution is 2.12. The second-order valence-corrected chi connectivity index (χ2v) is 7.49. The maximum atomic E-state index is 5.75. The van der Waals surface area contributed by atoms with E-state index in [1.165, 1.54) is 15.4 Å². The molecule has 26 heavy (non-hydrogen) atoms. The summed E-state index contributed by atoms with van der Waals surface area (Å²) >= 11 is 1.75. The van der Waals surface area contributed by atoms with Crippen molar-refractivity contribution in [2.75, 3.05) is 26.2 Å². The van der Waals surface area contributed by atoms with Gasteiger partial charge in [-0.15, -0.1) is 11.3 Å². The Morgan fingerprint density at radius 2 is 1.96 bits per heavy atom. The van der Waals surface area contributed by atoms with Crippen molar-refractivity contribution in [2.45, 2.75) is 40.0 Å². The molecule has 2 N–H and O–H groups in total. The van der Waals surface area contributed by atoms with Crippen LogP contribution in [0.3, 0.4) is 0 Å². The van der Waals surface area contributed by atoms with Crippen LogP contribution in [0, 0.1) is 13.8 Å². The molecule has 0 aliphatic carbocycles. The van der Waals surface area contributed by atoms with Crippen LogP contribution in [0.2, 0.25) is 0 Å². The number of nitrogens with zero attached hydrogens (tertiary/aromatic N) is 2. The highest BCUT2D eigenvalue weighted by atomic mass is 32.1. The average molecular weight is 375 g/mol. The third-order valence-electron chi connectivity index (χ3n) is 3.76. The topological polar surface area (TPSA) is 58.5 Å². The standard InChI is InChI=1S/C20H30N4OS/c1-4-21-20(23-13-11-19-24-15-17(3)26-19)22-12-5-6-14-25-18-9-7-16(2)8-10-18/h7-10,15H,4-6,11-14H2,1-3H3,(H2,21,22,23). The lowest BCUT2D eigenvalue weighted by Gasteiger charge is -2.10. The van der Waals surface area contributed by atoms with E-state index in [0.717, 1.165) is 57.2 Å². The molecule has 142 valence electrons. The number of hydrogen-bond donors (Lipinski definition) is 2. The van der Waals surface area contributed by atoms with Gasteiger partial charge in [0.25, 0.3) is 0 Å². The number of aryl methyl sites for hydroxylation is 2. The Morgan fingerprint density at radius 3 is 2.65 bits per heavy atom. The fourth-order valence-electron chi connectivity index (χ4n) is 2.38. The normalized spacial score (nSPS) is 11.4. The van der Waals surface area contributed by atoms with Gasteiger partial charge in [-0.1, -0.05) is 17.7 Å². The number of hydrogen-bond acceptors (Lipinski definition) is 4. The molecule has 0 amide bonds. The summed E-state index contributed by atoms with van der Waals surface area (Å²) in [5.41, 5.74) is 1.25. The third kappa shape index (κ3) is 7.87. The van der Waals surface area contributed by atoms with E-state index in [-0.39, 0.29) is 0 Å². The molecule has 0 saturated carbocycles. The summed E-state index contributed by atoms with van der Waals surface area (Å²) in [4.78, 5) is 10.3. The second kappa shape index (κ2) is 11.5. The smallest absolute Gasteiger partial charge is 0.191 e. The first kappa shape index (κ1) is 20.2. The first-order valence-electron chi connectivity index (χ1n) is 9.30. The monoisotopic (exact) mass is 374 g/mol. The van der Waals surface area contributed by atoms with E-state index in [2.05, 4.69) is 53.5 Å². The van der Waals surface area contributed by atoms with Gasteiger partial charge in [0.1, 0.15) is 5.75 Å². The minimum absolute atomic E-state index is 0.728. The van der Waals surface area contributed by atoms with Gasteiger partial charge in [-0.2, -0.15) is 0 Å². The van der Waals surface area contributed by atoms with Crippen LogP contribution >= 0.6 is 11.3 Å². The maximum absolute atomic E-state index is 5.75. The molecule has 5 nitrogen and oxygen atoms in total. The van der Waals surface area contributed by atoms with Gasteiger partial charge >= 0.3 is 0 Å². The van der Waals surface area contributed by atoms with Crippen molar-refractivity contribution < 1.29 is 4.74 Å². The van der Waals surface area contributed by atoms with Crippen LogP contribution in [0.15, 0.2) is 35.5 Å². The van der Waals surface area contributed by atoms with E-state index in [0.29, 0.717) is 0 Å². The first-order chi connectivity index (χ1) is 12.7. The Hall–Kier alpha value is -2.08. The zero-order valence-corrected chi connectivity index (χ0v) is 16.9. The molecule has 0 aliphatic heterocycles. The number of rotatable bonds is 10. The summed E-state index contributed by atoms with van der Waals surface area (Å²) in [5, 5.41) is 7.83. The SMILES string of the molecule is CCNC(=NCCCCOc1ccc(C)cc1)NCCc1ncc(C)s1. The fraction of sp³-hybridized carbons (Fsp3) is 0.500. The van der Waals surface area contributed by atoms with Crippen molar-refractivity contribution in [3.8, 4) is 5.75 Å². The van der Waals surface area contributed by atoms with E-state index in [4.69, 9.17) is 4.74 Å². The number of benzene rings is 1. The second-order valence-electron chi connectivity index (χ2n) is 6.17. The minimum Gasteiger partial charge on any atom is -0.494 e. The molecule has 1 aromatic heterocycles. The lowest BCUT2D eigenvalue weighted by molar-refractivity contribution is 0.308. The summed E-state index contributed by atoms with van der Waals surface area (Å²) in [6.45, 7) is 9.47. The van der Waals surface area contributed by atoms with Gasteiger partial charge in [0.2, 0.25) is 0 Å². The molecule has 0 unspecified atom stereocenters. The third-order valence-corrected chi connectivity index (χ3v) is 4.73. The van der Waals surface area contributed by atoms with Gasteiger partial charge in [-0.05, 0) is 45.7 Å². The molecule has 0 radical (unpaired) electrons. The summed E-state index contributed by atoms with van der Waals surface area (Å²) in [6, 6.07) is 8.18. The van der Waals surface area contributed by atoms with Crippen molar-refractivity contribution in [1.29, 1.82) is 0 Å². The highest BCUT2D eigenvalue weighted by molar-refractivity contribution is 7.11. The van der Waals surface area contributed by atoms with Crippen LogP contribution in [0.25, 0.3) is 0 Å². The van der Waals surface area contributed by atoms with Crippen molar-refractivity contribution in [1.82, 2.24) is 15.6 Å². The van der Waals surface area contributed by atoms with Crippen LogP contribution < -0.4 is 15.4 Å². The van der Waals surface area contributed by atoms with Crippen molar-refractivity contribution in [3.05, 3.63) is 45.9 Å². The van der Waals surface area contributed by atoms with Gasteiger partial charge in [-0.3, -0.25) is 4.99 Å². The number of unbranched alkanes of at least 4 members (excludes halogenated alkanes) is 1. The van der Waals surface area contributed by atoms with Gasteiger partial charge in [0.05, 0.1) is 11.6 Å². The first-order valence-corrected chi connectivity index (χ1v) is 10.1. The minimum atomic E-state index is 0.728. The molecule has 0 fully saturated rings. The van der Waals surface area contributed by atoms with Crippen molar-refractivity contribution in [2.24, 2.45) is 4.99 Å². The Balaban J connectivity index is 1.61. The van der Waals surface area contributed by atoms with Gasteiger partial charge < -0.3 is 15.4 Å². The molecule has 0 saturated heterocycles. The number of ether oxygens (including phenoxy) is 1. The van der Waals surface area contributed by atoms with Crippen LogP contribution in [0.1, 0.15) is 35.2 Å². The molecular formula is C20H30N4OS. The molecule has 1 aromatic carbocycles. The Morgan fingerprint density at radius 1 is 1.15 bits per heavy atom. The van der Waals surface area contributed by atoms with Crippen LogP contribution in [0.5, 0.6) is 5.75 Å². The maximum Gasteiger partial charge on any atom is 0.191 e. The van der Waals surface area contributed by atoms with Crippen LogP contribution in [0.4, 0.5) is 0 Å². The predicted molar refractivity (Wildman–Crippen MR) is 110 cm³/mol. The fourth-order valence-corrected chi connectivity index (χ4v) is 3.16. The largest absolute Gasteiger partial charge is 0.494 e. The van der Waals surface area contributed by atoms with Gasteiger partial charge in [0.15, 0.2) is 5.96 Å². The van der Waals surface area contributed by atoms with Crippen molar-refractivity contribution >= 4 is 17.3 Å². The Bertz CT molecular complexity index is 667. The Labute approximate surface area is 160 Å². The molecule has 0 aliphatic rings. The summed E-state index contributed by atoms with van der Waals surface area (Å²) in [5.74, 6) is 1.81. The number of aliphatic imine (C=N–C) groups is 1. The summed E-state index contributed by atoms with van der Waals surface area (Å²) in [7, 11) is 0. The molecule has 0 bridgehead atoms. The number of nitrogens with one attached hydrogen (secondary N) is 2. The summed E-state index contributed by atoms with van der Waals surface area (Å²) in [6.07, 6.45) is 4.86. The Kier molecular flexibility index (Phi) is 8.96. The quantitative estimate of drug-likeness (QED) is 0.378. The molecular weight excluding hydrogens is 344 g/mol. The predicted octanol–water partition coefficient (Wildman–Crippen LogP) is 3.72. The molecule has 2 aromatic rings. The molecule has 6 heteroatoms. The molecule has 0 atom stereocenters. The van der Waals surface area contributed by atoms with E-state index >= 15 is 0 Å². The zero-order valence-electron chi connectivity index (χ0n) is 16.0. The lowest BCUT2D eigenvalue weighted by Crippen LogP contribution is -2.38. The molecule has 1 heterocycles. The summed E-state index contributed by atoms with van der Waals surface area (Å²) < 4.78 is 5.75. The molecule has 2 rings (SSSR count). The average Bonchev–Trinajstić information content (AvgIpc) is 3.04. The van der Waals surface area contributed by atoms with E-state index in [1.807, 2.05) is 18.3 Å². The van der Waals surface area contributed by atoms with Crippen molar-refractivity contribution in [3.63, 3.8) is 0 Å². The number of thiazole rings is 1. The van der Waals surface area contributed by atoms with E-state index < -0.39 is 0 Å². The van der Waals surface area contributed by atoms with Crippen LogP contribution in [-0.2, 0) is 6.42 Å². The van der Waals surface area contributed by atoms with Crippen LogP contribution in [-0.4, -0.2) is 37.2 Å². The van der Waals surface area contributed by atoms with E-state index in [9.17, 15) is 0 Å². The zero-order chi connectivity index (χ0) is 18.6. The highest BCUT2D eigenvalue weighted by Gasteiger charge is 2.01. The van der Waals surface area contributed by atoms with E-state index in [1.54, 1.807) is 11.3 Å². The van der Waals surface area contributed by atoms with Gasteiger partial charge in [-0.25, -0.2) is 4.98 Å². The lowest BCUT2D eigenvalue weighted by atomic mass is 10.2. The number of guanidine groups is 1. The molecule has 0 spiro atoms.